The van der Waals surface area contributed by atoms with E-state index in [0.717, 1.165) is 19.6 Å². The van der Waals surface area contributed by atoms with E-state index in [1.807, 2.05) is 6.92 Å². The van der Waals surface area contributed by atoms with Gasteiger partial charge < -0.3 is 15.2 Å². The number of hydrogen-bond donors (Lipinski definition) is 2. The Bertz CT molecular complexity index is 308. The highest BCUT2D eigenvalue weighted by Crippen LogP contribution is 2.03. The SMILES string of the molecule is CCCNC(=O)/C=C(/CC(=O)O)C(=O)OC. The van der Waals surface area contributed by atoms with Gasteiger partial charge in [-0.15, -0.1) is 0 Å². The molecule has 90 valence electrons. The lowest BCUT2D eigenvalue weighted by Crippen LogP contribution is -2.23. The smallest absolute Gasteiger partial charge is 0.334 e. The number of aliphatic carboxylic acids is 1. The van der Waals surface area contributed by atoms with Crippen LogP contribution >= 0.6 is 0 Å². The van der Waals surface area contributed by atoms with Crippen molar-refractivity contribution >= 4 is 17.8 Å². The second kappa shape index (κ2) is 7.44. The maximum absolute atomic E-state index is 11.2. The molecule has 0 aliphatic rings. The number of methoxy groups -OCH3 is 1. The molecule has 0 aliphatic carbocycles. The molecule has 6 heteroatoms. The van der Waals surface area contributed by atoms with Gasteiger partial charge in [-0.3, -0.25) is 9.59 Å². The number of esters is 1. The minimum atomic E-state index is -1.19. The molecule has 0 atom stereocenters. The second-order valence-corrected chi connectivity index (χ2v) is 3.02. The summed E-state index contributed by atoms with van der Waals surface area (Å²) in [7, 11) is 1.13. The Morgan fingerprint density at radius 1 is 1.38 bits per heavy atom. The van der Waals surface area contributed by atoms with Crippen LogP contribution in [-0.4, -0.2) is 36.6 Å². The summed E-state index contributed by atoms with van der Waals surface area (Å²) >= 11 is 0. The predicted molar refractivity (Wildman–Crippen MR) is 55.7 cm³/mol. The second-order valence-electron chi connectivity index (χ2n) is 3.02. The molecule has 1 amide bonds. The molecule has 0 saturated carbocycles. The van der Waals surface area contributed by atoms with Gasteiger partial charge in [0, 0.05) is 12.6 Å². The number of carboxylic acids is 1. The van der Waals surface area contributed by atoms with Gasteiger partial charge in [0.1, 0.15) is 0 Å². The first-order chi connectivity index (χ1) is 7.51. The monoisotopic (exact) mass is 229 g/mol. The molecule has 0 aromatic carbocycles. The highest BCUT2D eigenvalue weighted by molar-refractivity contribution is 6.01. The average molecular weight is 229 g/mol. The third kappa shape index (κ3) is 5.79. The van der Waals surface area contributed by atoms with Crippen LogP contribution in [0.4, 0.5) is 0 Å². The number of carboxylic acid groups (broad SMARTS) is 1. The summed E-state index contributed by atoms with van der Waals surface area (Å²) in [5.74, 6) is -2.50. The summed E-state index contributed by atoms with van der Waals surface area (Å²) in [6.07, 6.45) is 1.17. The molecule has 0 unspecified atom stereocenters. The fraction of sp³-hybridized carbons (Fsp3) is 0.500. The summed E-state index contributed by atoms with van der Waals surface area (Å²) in [4.78, 5) is 32.8. The molecule has 2 N–H and O–H groups in total. The summed E-state index contributed by atoms with van der Waals surface area (Å²) in [5, 5.41) is 11.0. The zero-order valence-corrected chi connectivity index (χ0v) is 9.28. The molecule has 0 aromatic rings. The molecule has 6 nitrogen and oxygen atoms in total. The van der Waals surface area contributed by atoms with E-state index in [0.29, 0.717) is 6.54 Å². The topological polar surface area (TPSA) is 92.7 Å². The van der Waals surface area contributed by atoms with E-state index in [1.165, 1.54) is 0 Å². The van der Waals surface area contributed by atoms with Gasteiger partial charge in [-0.05, 0) is 6.42 Å². The van der Waals surface area contributed by atoms with Crippen molar-refractivity contribution < 1.29 is 24.2 Å². The number of carbonyl (C=O) groups is 3. The number of rotatable bonds is 6. The molecule has 0 aromatic heterocycles. The van der Waals surface area contributed by atoms with Crippen molar-refractivity contribution in [2.75, 3.05) is 13.7 Å². The lowest BCUT2D eigenvalue weighted by molar-refractivity contribution is -0.141. The summed E-state index contributed by atoms with van der Waals surface area (Å²) in [6.45, 7) is 2.35. The summed E-state index contributed by atoms with van der Waals surface area (Å²) in [6, 6.07) is 0. The van der Waals surface area contributed by atoms with Crippen LogP contribution in [0.2, 0.25) is 0 Å². The van der Waals surface area contributed by atoms with Crippen molar-refractivity contribution in [2.24, 2.45) is 0 Å². The Morgan fingerprint density at radius 3 is 2.44 bits per heavy atom. The molecule has 0 aliphatic heterocycles. The van der Waals surface area contributed by atoms with E-state index in [4.69, 9.17) is 5.11 Å². The quantitative estimate of drug-likeness (QED) is 0.497. The largest absolute Gasteiger partial charge is 0.481 e. The van der Waals surface area contributed by atoms with Crippen molar-refractivity contribution in [1.29, 1.82) is 0 Å². The van der Waals surface area contributed by atoms with E-state index >= 15 is 0 Å². The molecular weight excluding hydrogens is 214 g/mol. The predicted octanol–water partition coefficient (Wildman–Crippen LogP) is 0.0867. The van der Waals surface area contributed by atoms with E-state index in [2.05, 4.69) is 10.1 Å². The Hall–Kier alpha value is -1.85. The van der Waals surface area contributed by atoms with Crippen LogP contribution in [0.25, 0.3) is 0 Å². The third-order valence-electron chi connectivity index (χ3n) is 1.64. The number of nitrogens with one attached hydrogen (secondary N) is 1. The zero-order chi connectivity index (χ0) is 12.6. The molecule has 0 rings (SSSR count). The van der Waals surface area contributed by atoms with Gasteiger partial charge in [0.05, 0.1) is 19.1 Å². The molecule has 16 heavy (non-hydrogen) atoms. The van der Waals surface area contributed by atoms with Crippen molar-refractivity contribution in [2.45, 2.75) is 19.8 Å². The molecule has 0 bridgehead atoms. The molecule has 0 spiro atoms. The summed E-state index contributed by atoms with van der Waals surface area (Å²) < 4.78 is 4.37. The van der Waals surface area contributed by atoms with Crippen LogP contribution in [0.1, 0.15) is 19.8 Å². The highest BCUT2D eigenvalue weighted by atomic mass is 16.5. The lowest BCUT2D eigenvalue weighted by Gasteiger charge is -2.03. The van der Waals surface area contributed by atoms with E-state index in [1.54, 1.807) is 0 Å². The summed E-state index contributed by atoms with van der Waals surface area (Å²) in [5.41, 5.74) is -0.177. The van der Waals surface area contributed by atoms with E-state index in [-0.39, 0.29) is 5.57 Å². The first-order valence-corrected chi connectivity index (χ1v) is 4.79. The average Bonchev–Trinajstić information content (AvgIpc) is 2.23. The van der Waals surface area contributed by atoms with Crippen LogP contribution in [0, 0.1) is 0 Å². The van der Waals surface area contributed by atoms with Crippen molar-refractivity contribution in [1.82, 2.24) is 5.32 Å². The van der Waals surface area contributed by atoms with Gasteiger partial charge >= 0.3 is 11.9 Å². The van der Waals surface area contributed by atoms with E-state index < -0.39 is 24.3 Å². The minimum absolute atomic E-state index is 0.177. The van der Waals surface area contributed by atoms with Gasteiger partial charge in [0.15, 0.2) is 0 Å². The van der Waals surface area contributed by atoms with E-state index in [9.17, 15) is 14.4 Å². The molecule has 0 heterocycles. The normalized spacial score (nSPS) is 10.8. The maximum Gasteiger partial charge on any atom is 0.334 e. The first-order valence-electron chi connectivity index (χ1n) is 4.79. The fourth-order valence-electron chi connectivity index (χ4n) is 0.934. The number of ether oxygens (including phenoxy) is 1. The Labute approximate surface area is 93.3 Å². The molecule has 0 saturated heterocycles. The Kier molecular flexibility index (Phi) is 6.58. The number of carbonyl (C=O) groups excluding carboxylic acids is 2. The van der Waals surface area contributed by atoms with Crippen molar-refractivity contribution in [3.63, 3.8) is 0 Å². The Morgan fingerprint density at radius 2 is 2.00 bits per heavy atom. The van der Waals surface area contributed by atoms with Gasteiger partial charge in [0.2, 0.25) is 5.91 Å². The maximum atomic E-state index is 11.2. The number of hydrogen-bond acceptors (Lipinski definition) is 4. The van der Waals surface area contributed by atoms with Crippen LogP contribution in [0.5, 0.6) is 0 Å². The van der Waals surface area contributed by atoms with Crippen molar-refractivity contribution in [3.05, 3.63) is 11.6 Å². The zero-order valence-electron chi connectivity index (χ0n) is 9.28. The Balaban J connectivity index is 4.60. The van der Waals surface area contributed by atoms with Crippen molar-refractivity contribution in [3.8, 4) is 0 Å². The van der Waals surface area contributed by atoms with Crippen LogP contribution in [-0.2, 0) is 19.1 Å². The molecule has 0 fully saturated rings. The van der Waals surface area contributed by atoms with Gasteiger partial charge in [-0.1, -0.05) is 6.92 Å². The minimum Gasteiger partial charge on any atom is -0.481 e. The standard InChI is InChI=1S/C10H15NO5/c1-3-4-11-8(12)5-7(6-9(13)14)10(15)16-2/h5H,3-4,6H2,1-2H3,(H,11,12)(H,13,14)/b7-5-. The van der Waals surface area contributed by atoms with Crippen LogP contribution in [0.15, 0.2) is 11.6 Å². The van der Waals surface area contributed by atoms with Gasteiger partial charge in [0.25, 0.3) is 0 Å². The molecule has 0 radical (unpaired) electrons. The third-order valence-corrected chi connectivity index (χ3v) is 1.64. The first kappa shape index (κ1) is 14.2. The van der Waals surface area contributed by atoms with Crippen LogP contribution in [0.3, 0.4) is 0 Å². The van der Waals surface area contributed by atoms with Gasteiger partial charge in [-0.2, -0.15) is 0 Å². The highest BCUT2D eigenvalue weighted by Gasteiger charge is 2.15. The fourth-order valence-corrected chi connectivity index (χ4v) is 0.934. The number of amides is 1. The lowest BCUT2D eigenvalue weighted by atomic mass is 10.1. The molecular formula is C10H15NO5. The van der Waals surface area contributed by atoms with Gasteiger partial charge in [-0.25, -0.2) is 4.79 Å². The van der Waals surface area contributed by atoms with Crippen LogP contribution < -0.4 is 5.32 Å².